The predicted molar refractivity (Wildman–Crippen MR) is 118 cm³/mol. The van der Waals surface area contributed by atoms with Crippen LogP contribution < -0.4 is 0 Å². The Bertz CT molecular complexity index is 1230. The lowest BCUT2D eigenvalue weighted by Crippen LogP contribution is -2.26. The first-order valence-electron chi connectivity index (χ1n) is 10.2. The van der Waals surface area contributed by atoms with Crippen molar-refractivity contribution in [2.45, 2.75) is 54.3 Å². The number of hydrogen-bond donors (Lipinski definition) is 0. The molecule has 0 spiro atoms. The zero-order valence-corrected chi connectivity index (χ0v) is 18.9. The molecule has 1 aliphatic heterocycles. The van der Waals surface area contributed by atoms with Crippen LogP contribution in [0, 0.1) is 52.9 Å². The summed E-state index contributed by atoms with van der Waals surface area (Å²) in [5.74, 6) is -0.824. The van der Waals surface area contributed by atoms with Gasteiger partial charge < -0.3 is 14.1 Å². The minimum Gasteiger partial charge on any atom is -0.423 e. The summed E-state index contributed by atoms with van der Waals surface area (Å²) in [4.78, 5) is 5.69. The molecule has 0 radical (unpaired) electrons. The molecule has 1 atom stereocenters. The van der Waals surface area contributed by atoms with Crippen molar-refractivity contribution in [2.75, 3.05) is 0 Å². The van der Waals surface area contributed by atoms with Crippen molar-refractivity contribution in [3.8, 4) is 17.3 Å². The summed E-state index contributed by atoms with van der Waals surface area (Å²) in [5.41, 5.74) is 8.95. The van der Waals surface area contributed by atoms with Crippen LogP contribution in [0.1, 0.15) is 57.2 Å². The number of rotatable bonds is 3. The summed E-state index contributed by atoms with van der Waals surface area (Å²) < 4.78 is 11.8. The van der Waals surface area contributed by atoms with E-state index in [0.717, 1.165) is 44.5 Å². The maximum absolute atomic E-state index is 9.96. The van der Waals surface area contributed by atoms with Gasteiger partial charge in [-0.05, 0) is 69.0 Å². The number of aryl methyl sites for hydroxylation is 6. The Balaban J connectivity index is 1.76. The van der Waals surface area contributed by atoms with Crippen molar-refractivity contribution < 1.29 is 14.1 Å². The fourth-order valence-corrected chi connectivity index (χ4v) is 4.48. The highest BCUT2D eigenvalue weighted by Gasteiger charge is 2.46. The molecule has 3 aromatic rings. The van der Waals surface area contributed by atoms with Crippen molar-refractivity contribution in [1.82, 2.24) is 5.16 Å². The summed E-state index contributed by atoms with van der Waals surface area (Å²) in [6.45, 7) is 13.8. The number of benzene rings is 2. The summed E-state index contributed by atoms with van der Waals surface area (Å²) in [6, 6.07) is 10.5. The van der Waals surface area contributed by atoms with Crippen molar-refractivity contribution in [2.24, 2.45) is 5.16 Å². The van der Waals surface area contributed by atoms with Gasteiger partial charge in [0.05, 0.1) is 0 Å². The lowest BCUT2D eigenvalue weighted by molar-refractivity contribution is -0.167. The van der Waals surface area contributed by atoms with E-state index in [-0.39, 0.29) is 11.3 Å². The van der Waals surface area contributed by atoms with Crippen LogP contribution in [0.15, 0.2) is 33.9 Å². The molecule has 31 heavy (non-hydrogen) atoms. The number of hydrogen-bond acceptors (Lipinski definition) is 6. The minimum absolute atomic E-state index is 0.200. The lowest BCUT2D eigenvalue weighted by Gasteiger charge is -2.19. The van der Waals surface area contributed by atoms with E-state index in [1.54, 1.807) is 6.92 Å². The van der Waals surface area contributed by atoms with Gasteiger partial charge in [-0.25, -0.2) is 0 Å². The third kappa shape index (κ3) is 3.36. The van der Waals surface area contributed by atoms with Crippen molar-refractivity contribution in [3.63, 3.8) is 0 Å². The molecular formula is C25H25N3O3. The number of aromatic nitrogens is 1. The second-order valence-electron chi connectivity index (χ2n) is 8.43. The third-order valence-electron chi connectivity index (χ3n) is 5.62. The Labute approximate surface area is 182 Å². The van der Waals surface area contributed by atoms with Gasteiger partial charge in [0.15, 0.2) is 0 Å². The van der Waals surface area contributed by atoms with Crippen LogP contribution in [-0.4, -0.2) is 11.1 Å². The van der Waals surface area contributed by atoms with Gasteiger partial charge in [-0.15, -0.1) is 0 Å². The normalized spacial score (nSPS) is 17.7. The van der Waals surface area contributed by atoms with Crippen molar-refractivity contribution >= 4 is 5.90 Å². The Morgan fingerprint density at radius 3 is 1.87 bits per heavy atom. The largest absolute Gasteiger partial charge is 0.423 e. The molecule has 0 aliphatic carbocycles. The van der Waals surface area contributed by atoms with Crippen LogP contribution in [-0.2, 0) is 15.4 Å². The van der Waals surface area contributed by atoms with Gasteiger partial charge in [-0.3, -0.25) is 0 Å². The topological polar surface area (TPSA) is 80.6 Å². The standard InChI is InChI=1S/C25H25N3O3/c1-13-8-15(3)20(16(4)9-13)22-19(12-26)23(30-27-22)25(7)29-24(28-31-25)21-17(5)10-14(2)11-18(21)6/h8-11H,1-7H3. The van der Waals surface area contributed by atoms with E-state index >= 15 is 0 Å². The number of ether oxygens (including phenoxy) is 1. The Morgan fingerprint density at radius 2 is 1.35 bits per heavy atom. The molecule has 0 N–H and O–H groups in total. The smallest absolute Gasteiger partial charge is 0.337 e. The lowest BCUT2D eigenvalue weighted by atomic mass is 9.94. The zero-order chi connectivity index (χ0) is 22.5. The van der Waals surface area contributed by atoms with Gasteiger partial charge in [-0.1, -0.05) is 40.5 Å². The maximum atomic E-state index is 9.96. The van der Waals surface area contributed by atoms with E-state index in [1.807, 2.05) is 41.5 Å². The second-order valence-corrected chi connectivity index (χ2v) is 8.43. The Kier molecular flexibility index (Phi) is 4.85. The van der Waals surface area contributed by atoms with Gasteiger partial charge in [0.1, 0.15) is 17.3 Å². The molecule has 0 bridgehead atoms. The highest BCUT2D eigenvalue weighted by molar-refractivity contribution is 5.97. The van der Waals surface area contributed by atoms with Gasteiger partial charge in [-0.2, -0.15) is 5.26 Å². The van der Waals surface area contributed by atoms with E-state index in [1.165, 1.54) is 0 Å². The number of oxime groups is 1. The molecule has 158 valence electrons. The first-order chi connectivity index (χ1) is 14.6. The molecule has 0 fully saturated rings. The van der Waals surface area contributed by atoms with Gasteiger partial charge in [0.25, 0.3) is 5.90 Å². The Hall–Kier alpha value is -3.59. The number of nitriles is 1. The molecule has 0 saturated heterocycles. The van der Waals surface area contributed by atoms with Crippen LogP contribution in [0.25, 0.3) is 11.3 Å². The van der Waals surface area contributed by atoms with Crippen LogP contribution in [0.2, 0.25) is 0 Å². The predicted octanol–water partition coefficient (Wildman–Crippen LogP) is 5.65. The highest BCUT2D eigenvalue weighted by Crippen LogP contribution is 2.40. The SMILES string of the molecule is Cc1cc(C)c(C2=NOC(C)(c3onc(-c4c(C)cc(C)cc4C)c3C#N)O2)c(C)c1. The number of nitrogens with zero attached hydrogens (tertiary/aromatic N) is 3. The quantitative estimate of drug-likeness (QED) is 0.552. The molecule has 6 heteroatoms. The van der Waals surface area contributed by atoms with Crippen LogP contribution >= 0.6 is 0 Å². The molecular weight excluding hydrogens is 390 g/mol. The maximum Gasteiger partial charge on any atom is 0.337 e. The minimum atomic E-state index is -1.39. The van der Waals surface area contributed by atoms with Crippen LogP contribution in [0.3, 0.4) is 0 Å². The molecule has 2 heterocycles. The first-order valence-corrected chi connectivity index (χ1v) is 10.2. The second kappa shape index (κ2) is 7.28. The average Bonchev–Trinajstić information content (AvgIpc) is 3.25. The van der Waals surface area contributed by atoms with Crippen LogP contribution in [0.5, 0.6) is 0 Å². The molecule has 2 aromatic carbocycles. The van der Waals surface area contributed by atoms with E-state index in [0.29, 0.717) is 11.6 Å². The molecule has 1 aliphatic rings. The molecule has 0 amide bonds. The van der Waals surface area contributed by atoms with E-state index in [4.69, 9.17) is 14.1 Å². The first kappa shape index (κ1) is 20.7. The molecule has 6 nitrogen and oxygen atoms in total. The third-order valence-corrected chi connectivity index (χ3v) is 5.62. The van der Waals surface area contributed by atoms with Crippen molar-refractivity contribution in [1.29, 1.82) is 5.26 Å². The van der Waals surface area contributed by atoms with Crippen molar-refractivity contribution in [3.05, 3.63) is 74.5 Å². The van der Waals surface area contributed by atoms with Gasteiger partial charge in [0, 0.05) is 18.1 Å². The molecule has 0 saturated carbocycles. The average molecular weight is 415 g/mol. The highest BCUT2D eigenvalue weighted by atomic mass is 16.8. The fourth-order valence-electron chi connectivity index (χ4n) is 4.48. The van der Waals surface area contributed by atoms with E-state index in [9.17, 15) is 5.26 Å². The fraction of sp³-hybridized carbons (Fsp3) is 0.320. The van der Waals surface area contributed by atoms with Crippen LogP contribution in [0.4, 0.5) is 0 Å². The van der Waals surface area contributed by atoms with Gasteiger partial charge >= 0.3 is 5.79 Å². The Morgan fingerprint density at radius 1 is 0.839 bits per heavy atom. The van der Waals surface area contributed by atoms with E-state index < -0.39 is 5.79 Å². The zero-order valence-electron chi connectivity index (χ0n) is 18.9. The van der Waals surface area contributed by atoms with Gasteiger partial charge in [0.2, 0.25) is 5.76 Å². The molecule has 1 aromatic heterocycles. The summed E-state index contributed by atoms with van der Waals surface area (Å²) in [7, 11) is 0. The summed E-state index contributed by atoms with van der Waals surface area (Å²) in [5, 5.41) is 18.4. The molecule has 1 unspecified atom stereocenters. The van der Waals surface area contributed by atoms with E-state index in [2.05, 4.69) is 40.6 Å². The monoisotopic (exact) mass is 415 g/mol. The summed E-state index contributed by atoms with van der Waals surface area (Å²) >= 11 is 0. The summed E-state index contributed by atoms with van der Waals surface area (Å²) in [6.07, 6.45) is 0. The molecule has 4 rings (SSSR count).